The highest BCUT2D eigenvalue weighted by molar-refractivity contribution is 6.74. The van der Waals surface area contributed by atoms with Crippen molar-refractivity contribution in [2.75, 3.05) is 39.5 Å². The number of likely N-dealkylation sites (tertiary alicyclic amines) is 1. The first kappa shape index (κ1) is 23.4. The van der Waals surface area contributed by atoms with Crippen LogP contribution in [0.1, 0.15) is 26.5 Å². The van der Waals surface area contributed by atoms with Gasteiger partial charge in [-0.3, -0.25) is 4.90 Å². The minimum atomic E-state index is -1.81. The van der Waals surface area contributed by atoms with E-state index in [1.165, 1.54) is 0 Å². The molecule has 1 aromatic carbocycles. The van der Waals surface area contributed by atoms with Gasteiger partial charge in [0.05, 0.1) is 25.5 Å². The van der Waals surface area contributed by atoms with Crippen molar-refractivity contribution in [2.45, 2.75) is 45.5 Å². The first-order valence-electron chi connectivity index (χ1n) is 11.7. The summed E-state index contributed by atoms with van der Waals surface area (Å²) in [5.41, 5.74) is 1.90. The summed E-state index contributed by atoms with van der Waals surface area (Å²) in [4.78, 5) is 11.7. The number of benzene rings is 1. The minimum Gasteiger partial charge on any atom is -0.492 e. The van der Waals surface area contributed by atoms with Gasteiger partial charge in [0, 0.05) is 43.2 Å². The van der Waals surface area contributed by atoms with E-state index in [1.54, 1.807) is 0 Å². The lowest BCUT2D eigenvalue weighted by Crippen LogP contribution is -2.40. The highest BCUT2D eigenvalue weighted by Crippen LogP contribution is 2.37. The van der Waals surface area contributed by atoms with E-state index in [9.17, 15) is 0 Å². The average molecular weight is 456 g/mol. The van der Waals surface area contributed by atoms with E-state index >= 15 is 0 Å². The molecule has 1 unspecified atom stereocenters. The van der Waals surface area contributed by atoms with E-state index in [0.717, 1.165) is 67.5 Å². The number of hydrogen-bond donors (Lipinski definition) is 0. The smallest absolute Gasteiger partial charge is 0.192 e. The van der Waals surface area contributed by atoms with E-state index in [1.807, 2.05) is 36.5 Å². The van der Waals surface area contributed by atoms with Crippen molar-refractivity contribution in [3.8, 4) is 17.1 Å². The van der Waals surface area contributed by atoms with Gasteiger partial charge in [0.1, 0.15) is 12.4 Å². The molecule has 7 heteroatoms. The molecule has 2 aromatic rings. The van der Waals surface area contributed by atoms with Crippen LogP contribution in [0.2, 0.25) is 18.1 Å². The molecular formula is C25H37N3O3Si. The molecule has 2 atom stereocenters. The fourth-order valence-electron chi connectivity index (χ4n) is 4.05. The molecule has 0 amide bonds. The Morgan fingerprint density at radius 1 is 1.06 bits per heavy atom. The predicted molar refractivity (Wildman–Crippen MR) is 129 cm³/mol. The van der Waals surface area contributed by atoms with E-state index in [4.69, 9.17) is 18.9 Å². The van der Waals surface area contributed by atoms with Gasteiger partial charge in [0.15, 0.2) is 14.1 Å². The molecule has 2 fully saturated rings. The lowest BCUT2D eigenvalue weighted by molar-refractivity contribution is 0.147. The van der Waals surface area contributed by atoms with Gasteiger partial charge in [0.2, 0.25) is 0 Å². The number of nitrogens with zero attached hydrogens (tertiary/aromatic N) is 3. The minimum absolute atomic E-state index is 0.181. The summed E-state index contributed by atoms with van der Waals surface area (Å²) in [5, 5.41) is 0.181. The molecule has 1 aromatic heterocycles. The molecule has 0 aliphatic carbocycles. The van der Waals surface area contributed by atoms with Gasteiger partial charge in [-0.1, -0.05) is 20.8 Å². The molecule has 2 aliphatic heterocycles. The van der Waals surface area contributed by atoms with Crippen LogP contribution in [0.25, 0.3) is 11.4 Å². The number of rotatable bonds is 8. The molecule has 6 nitrogen and oxygen atoms in total. The van der Waals surface area contributed by atoms with Crippen LogP contribution >= 0.6 is 0 Å². The van der Waals surface area contributed by atoms with Crippen LogP contribution in [-0.2, 0) is 15.8 Å². The van der Waals surface area contributed by atoms with Crippen LogP contribution in [0.3, 0.4) is 0 Å². The maximum absolute atomic E-state index is 6.32. The number of ether oxygens (including phenoxy) is 2. The van der Waals surface area contributed by atoms with E-state index in [-0.39, 0.29) is 5.04 Å². The second kappa shape index (κ2) is 9.59. The maximum atomic E-state index is 6.32. The molecule has 0 saturated carbocycles. The van der Waals surface area contributed by atoms with Crippen LogP contribution in [0.4, 0.5) is 0 Å². The monoisotopic (exact) mass is 455 g/mol. The highest BCUT2D eigenvalue weighted by atomic mass is 28.4. The molecule has 2 aliphatic rings. The highest BCUT2D eigenvalue weighted by Gasteiger charge is 2.37. The molecule has 174 valence electrons. The van der Waals surface area contributed by atoms with Crippen LogP contribution in [0.5, 0.6) is 5.75 Å². The lowest BCUT2D eigenvalue weighted by atomic mass is 10.0. The van der Waals surface area contributed by atoms with E-state index in [0.29, 0.717) is 13.2 Å². The Morgan fingerprint density at radius 3 is 2.41 bits per heavy atom. The first-order chi connectivity index (χ1) is 15.2. The maximum Gasteiger partial charge on any atom is 0.192 e. The second-order valence-electron chi connectivity index (χ2n) is 10.6. The largest absolute Gasteiger partial charge is 0.492 e. The number of hydrogen-bond acceptors (Lipinski definition) is 6. The third-order valence-corrected chi connectivity index (χ3v) is 11.7. The van der Waals surface area contributed by atoms with E-state index in [2.05, 4.69) is 43.7 Å². The first-order valence-corrected chi connectivity index (χ1v) is 14.6. The molecular weight excluding hydrogens is 418 g/mol. The molecule has 3 heterocycles. The second-order valence-corrected chi connectivity index (χ2v) is 15.4. The van der Waals surface area contributed by atoms with E-state index < -0.39 is 8.32 Å². The summed E-state index contributed by atoms with van der Waals surface area (Å²) in [6.07, 6.45) is 1.81. The van der Waals surface area contributed by atoms with Gasteiger partial charge in [-0.2, -0.15) is 0 Å². The molecule has 0 spiro atoms. The summed E-state index contributed by atoms with van der Waals surface area (Å²) in [7, 11) is -1.81. The number of fused-ring (bicyclic) bond motifs is 1. The van der Waals surface area contributed by atoms with Crippen molar-refractivity contribution in [1.82, 2.24) is 14.9 Å². The van der Waals surface area contributed by atoms with Crippen molar-refractivity contribution in [3.63, 3.8) is 0 Å². The van der Waals surface area contributed by atoms with Crippen LogP contribution < -0.4 is 4.74 Å². The zero-order chi connectivity index (χ0) is 22.8. The standard InChI is InChI=1S/C25H37N3O3Si/c1-25(2,3)32(4,5)31-18-22-10-11-26-24(27-22)19-6-8-23(9-7-19)30-13-12-28-14-20-16-29-17-21(20)15-28/h6-11,20-21H,12-18H2,1-5H3/t20-,21?/m0/s1. The summed E-state index contributed by atoms with van der Waals surface area (Å²) in [6, 6.07) is 10.0. The summed E-state index contributed by atoms with van der Waals surface area (Å²) >= 11 is 0. The quantitative estimate of drug-likeness (QED) is 0.541. The molecule has 32 heavy (non-hydrogen) atoms. The Balaban J connectivity index is 1.28. The third-order valence-electron chi connectivity index (χ3n) is 7.21. The predicted octanol–water partition coefficient (Wildman–Crippen LogP) is 4.62. The van der Waals surface area contributed by atoms with Crippen molar-refractivity contribution in [2.24, 2.45) is 11.8 Å². The van der Waals surface area contributed by atoms with Crippen molar-refractivity contribution in [1.29, 1.82) is 0 Å². The topological polar surface area (TPSA) is 56.7 Å². The van der Waals surface area contributed by atoms with Gasteiger partial charge in [0.25, 0.3) is 0 Å². The van der Waals surface area contributed by atoms with Crippen molar-refractivity contribution >= 4 is 8.32 Å². The third kappa shape index (κ3) is 5.57. The molecule has 0 N–H and O–H groups in total. The Kier molecular flexibility index (Phi) is 7.00. The Morgan fingerprint density at radius 2 is 1.75 bits per heavy atom. The normalized spacial score (nSPS) is 21.7. The van der Waals surface area contributed by atoms with Crippen molar-refractivity contribution in [3.05, 3.63) is 42.2 Å². The lowest BCUT2D eigenvalue weighted by Gasteiger charge is -2.36. The number of aromatic nitrogens is 2. The Bertz CT molecular complexity index is 886. The van der Waals surface area contributed by atoms with Gasteiger partial charge >= 0.3 is 0 Å². The van der Waals surface area contributed by atoms with Gasteiger partial charge < -0.3 is 13.9 Å². The van der Waals surface area contributed by atoms with Crippen molar-refractivity contribution < 1.29 is 13.9 Å². The SMILES string of the molecule is CC(C)(C)[Si](C)(C)OCc1ccnc(-c2ccc(OCCN3CC4COC[C@@H]4C3)cc2)n1. The van der Waals surface area contributed by atoms with Gasteiger partial charge in [-0.25, -0.2) is 9.97 Å². The van der Waals surface area contributed by atoms with Crippen LogP contribution in [0, 0.1) is 11.8 Å². The summed E-state index contributed by atoms with van der Waals surface area (Å²) < 4.78 is 17.9. The van der Waals surface area contributed by atoms with Gasteiger partial charge in [-0.05, 0) is 48.5 Å². The fourth-order valence-corrected chi connectivity index (χ4v) is 4.99. The zero-order valence-electron chi connectivity index (χ0n) is 20.1. The Hall–Kier alpha value is -1.80. The molecule has 2 saturated heterocycles. The fraction of sp³-hybridized carbons (Fsp3) is 0.600. The zero-order valence-corrected chi connectivity index (χ0v) is 21.1. The van der Waals surface area contributed by atoms with Gasteiger partial charge in [-0.15, -0.1) is 0 Å². The Labute approximate surface area is 193 Å². The molecule has 0 radical (unpaired) electrons. The summed E-state index contributed by atoms with van der Waals surface area (Å²) in [6.45, 7) is 17.6. The molecule has 0 bridgehead atoms. The average Bonchev–Trinajstić information content (AvgIpc) is 3.34. The van der Waals surface area contributed by atoms with Crippen LogP contribution in [-0.4, -0.2) is 62.6 Å². The molecule has 4 rings (SSSR count). The summed E-state index contributed by atoms with van der Waals surface area (Å²) in [5.74, 6) is 3.04. The van der Waals surface area contributed by atoms with Crippen LogP contribution in [0.15, 0.2) is 36.5 Å².